The van der Waals surface area contributed by atoms with Crippen molar-refractivity contribution in [3.8, 4) is 6.07 Å². The molecule has 90 valence electrons. The first-order valence-electron chi connectivity index (χ1n) is 5.68. The molecule has 0 saturated carbocycles. The summed E-state index contributed by atoms with van der Waals surface area (Å²) in [6, 6.07) is 9.14. The molecule has 3 N–H and O–H groups in total. The summed E-state index contributed by atoms with van der Waals surface area (Å²) in [6.45, 7) is 2.41. The molecule has 0 aliphatic heterocycles. The van der Waals surface area contributed by atoms with Gasteiger partial charge in [-0.15, -0.1) is 0 Å². The van der Waals surface area contributed by atoms with Gasteiger partial charge in [-0.25, -0.2) is 0 Å². The van der Waals surface area contributed by atoms with E-state index < -0.39 is 0 Å². The van der Waals surface area contributed by atoms with Crippen molar-refractivity contribution in [2.75, 3.05) is 0 Å². The van der Waals surface area contributed by atoms with E-state index in [1.165, 1.54) is 0 Å². The Morgan fingerprint density at radius 2 is 2.12 bits per heavy atom. The number of nitrogens with one attached hydrogen (secondary N) is 1. The summed E-state index contributed by atoms with van der Waals surface area (Å²) in [4.78, 5) is 11.8. The largest absolute Gasteiger partial charge is 0.348 e. The average molecular weight is 231 g/mol. The van der Waals surface area contributed by atoms with Gasteiger partial charge in [0.1, 0.15) is 0 Å². The summed E-state index contributed by atoms with van der Waals surface area (Å²) < 4.78 is 0. The molecule has 0 heterocycles. The van der Waals surface area contributed by atoms with Crippen molar-refractivity contribution in [2.45, 2.75) is 32.4 Å². The second-order valence-electron chi connectivity index (χ2n) is 3.84. The Morgan fingerprint density at radius 1 is 1.47 bits per heavy atom. The SMILES string of the molecule is CCC(CC#N)NC(=O)c1ccc(CN)cc1. The fraction of sp³-hybridized carbons (Fsp3) is 0.385. The van der Waals surface area contributed by atoms with Gasteiger partial charge in [-0.2, -0.15) is 5.26 Å². The number of carbonyl (C=O) groups is 1. The maximum Gasteiger partial charge on any atom is 0.251 e. The van der Waals surface area contributed by atoms with Crippen LogP contribution in [0.1, 0.15) is 35.7 Å². The van der Waals surface area contributed by atoms with Crippen LogP contribution in [0.3, 0.4) is 0 Å². The zero-order valence-electron chi connectivity index (χ0n) is 9.94. The Hall–Kier alpha value is -1.86. The lowest BCUT2D eigenvalue weighted by Crippen LogP contribution is -2.34. The highest BCUT2D eigenvalue weighted by atomic mass is 16.1. The minimum atomic E-state index is -0.143. The molecule has 1 unspecified atom stereocenters. The second kappa shape index (κ2) is 6.66. The molecule has 0 saturated heterocycles. The molecule has 17 heavy (non-hydrogen) atoms. The lowest BCUT2D eigenvalue weighted by molar-refractivity contribution is 0.0936. The van der Waals surface area contributed by atoms with Gasteiger partial charge in [0.05, 0.1) is 12.5 Å². The van der Waals surface area contributed by atoms with Crippen LogP contribution >= 0.6 is 0 Å². The number of hydrogen-bond acceptors (Lipinski definition) is 3. The number of carbonyl (C=O) groups excluding carboxylic acids is 1. The molecule has 0 bridgehead atoms. The van der Waals surface area contributed by atoms with Crippen molar-refractivity contribution in [1.29, 1.82) is 5.26 Å². The molecule has 0 radical (unpaired) electrons. The van der Waals surface area contributed by atoms with Gasteiger partial charge >= 0.3 is 0 Å². The van der Waals surface area contributed by atoms with Crippen LogP contribution in [0, 0.1) is 11.3 Å². The van der Waals surface area contributed by atoms with Crippen LogP contribution in [0.5, 0.6) is 0 Å². The number of rotatable bonds is 5. The van der Waals surface area contributed by atoms with E-state index in [-0.39, 0.29) is 11.9 Å². The van der Waals surface area contributed by atoms with Crippen LogP contribution in [0.4, 0.5) is 0 Å². The topological polar surface area (TPSA) is 78.9 Å². The Morgan fingerprint density at radius 3 is 2.59 bits per heavy atom. The normalized spacial score (nSPS) is 11.6. The third-order valence-corrected chi connectivity index (χ3v) is 2.62. The first-order valence-corrected chi connectivity index (χ1v) is 5.68. The van der Waals surface area contributed by atoms with Crippen molar-refractivity contribution >= 4 is 5.91 Å². The van der Waals surface area contributed by atoms with Gasteiger partial charge in [0.15, 0.2) is 0 Å². The number of amides is 1. The van der Waals surface area contributed by atoms with E-state index in [2.05, 4.69) is 11.4 Å². The number of benzene rings is 1. The summed E-state index contributed by atoms with van der Waals surface area (Å²) in [6.07, 6.45) is 1.09. The molecular formula is C13H17N3O. The van der Waals surface area contributed by atoms with Crippen LogP contribution in [0.15, 0.2) is 24.3 Å². The molecule has 0 aromatic heterocycles. The lowest BCUT2D eigenvalue weighted by Gasteiger charge is -2.13. The van der Waals surface area contributed by atoms with E-state index in [1.807, 2.05) is 19.1 Å². The first-order chi connectivity index (χ1) is 8.21. The predicted octanol–water partition coefficient (Wildman–Crippen LogP) is 1.57. The van der Waals surface area contributed by atoms with E-state index >= 15 is 0 Å². The molecule has 1 atom stereocenters. The van der Waals surface area contributed by atoms with Gasteiger partial charge in [-0.3, -0.25) is 4.79 Å². The van der Waals surface area contributed by atoms with Gasteiger partial charge < -0.3 is 11.1 Å². The summed E-state index contributed by atoms with van der Waals surface area (Å²) in [5, 5.41) is 11.4. The molecule has 0 aliphatic rings. The highest BCUT2D eigenvalue weighted by molar-refractivity contribution is 5.94. The molecule has 0 spiro atoms. The third-order valence-electron chi connectivity index (χ3n) is 2.62. The smallest absolute Gasteiger partial charge is 0.251 e. The highest BCUT2D eigenvalue weighted by Crippen LogP contribution is 2.05. The number of nitriles is 1. The number of nitrogens with two attached hydrogens (primary N) is 1. The maximum absolute atomic E-state index is 11.8. The Bertz CT molecular complexity index is 406. The second-order valence-corrected chi connectivity index (χ2v) is 3.84. The van der Waals surface area contributed by atoms with E-state index in [0.29, 0.717) is 18.5 Å². The zero-order chi connectivity index (χ0) is 12.7. The summed E-state index contributed by atoms with van der Waals surface area (Å²) >= 11 is 0. The number of nitrogens with zero attached hydrogens (tertiary/aromatic N) is 1. The summed E-state index contributed by atoms with van der Waals surface area (Å²) in [7, 11) is 0. The zero-order valence-corrected chi connectivity index (χ0v) is 9.94. The minimum absolute atomic E-state index is 0.0818. The summed E-state index contributed by atoms with van der Waals surface area (Å²) in [5.41, 5.74) is 7.07. The average Bonchev–Trinajstić information content (AvgIpc) is 2.38. The molecule has 1 amide bonds. The van der Waals surface area contributed by atoms with Gasteiger partial charge in [0.2, 0.25) is 0 Å². The Kier molecular flexibility index (Phi) is 5.18. The van der Waals surface area contributed by atoms with E-state index in [0.717, 1.165) is 12.0 Å². The van der Waals surface area contributed by atoms with Crippen LogP contribution < -0.4 is 11.1 Å². The lowest BCUT2D eigenvalue weighted by atomic mass is 10.1. The van der Waals surface area contributed by atoms with Crippen LogP contribution in [-0.4, -0.2) is 11.9 Å². The molecule has 1 aromatic rings. The molecule has 0 fully saturated rings. The summed E-state index contributed by atoms with van der Waals surface area (Å²) in [5.74, 6) is -0.143. The molecule has 1 rings (SSSR count). The van der Waals surface area contributed by atoms with Crippen molar-refractivity contribution in [2.24, 2.45) is 5.73 Å². The highest BCUT2D eigenvalue weighted by Gasteiger charge is 2.11. The number of hydrogen-bond donors (Lipinski definition) is 2. The van der Waals surface area contributed by atoms with E-state index in [4.69, 9.17) is 11.0 Å². The van der Waals surface area contributed by atoms with Crippen LogP contribution in [0.2, 0.25) is 0 Å². The first kappa shape index (κ1) is 13.2. The third kappa shape index (κ3) is 3.89. The van der Waals surface area contributed by atoms with Crippen LogP contribution in [0.25, 0.3) is 0 Å². The van der Waals surface area contributed by atoms with Gasteiger partial charge in [-0.1, -0.05) is 19.1 Å². The minimum Gasteiger partial charge on any atom is -0.348 e. The van der Waals surface area contributed by atoms with Crippen molar-refractivity contribution in [3.63, 3.8) is 0 Å². The molecule has 4 nitrogen and oxygen atoms in total. The predicted molar refractivity (Wildman–Crippen MR) is 66.1 cm³/mol. The van der Waals surface area contributed by atoms with E-state index in [1.54, 1.807) is 12.1 Å². The standard InChI is InChI=1S/C13H17N3O/c1-2-12(7-8-14)16-13(17)11-5-3-10(9-15)4-6-11/h3-6,12H,2,7,9,15H2,1H3,(H,16,17). The van der Waals surface area contributed by atoms with Crippen molar-refractivity contribution in [1.82, 2.24) is 5.32 Å². The molecule has 1 aromatic carbocycles. The van der Waals surface area contributed by atoms with Gasteiger partial charge in [0.25, 0.3) is 5.91 Å². The van der Waals surface area contributed by atoms with Crippen molar-refractivity contribution in [3.05, 3.63) is 35.4 Å². The van der Waals surface area contributed by atoms with Crippen molar-refractivity contribution < 1.29 is 4.79 Å². The van der Waals surface area contributed by atoms with E-state index in [9.17, 15) is 4.79 Å². The molecular weight excluding hydrogens is 214 g/mol. The van der Waals surface area contributed by atoms with Gasteiger partial charge in [-0.05, 0) is 24.1 Å². The molecule has 0 aliphatic carbocycles. The Balaban J connectivity index is 2.65. The monoisotopic (exact) mass is 231 g/mol. The molecule has 4 heteroatoms. The Labute approximate surface area is 101 Å². The fourth-order valence-corrected chi connectivity index (χ4v) is 1.47. The van der Waals surface area contributed by atoms with Gasteiger partial charge in [0, 0.05) is 18.2 Å². The maximum atomic E-state index is 11.8. The fourth-order valence-electron chi connectivity index (χ4n) is 1.47. The van der Waals surface area contributed by atoms with Crippen LogP contribution in [-0.2, 0) is 6.54 Å². The quantitative estimate of drug-likeness (QED) is 0.807.